The number of hydrogen-bond acceptors (Lipinski definition) is 3. The third-order valence-electron chi connectivity index (χ3n) is 3.26. The summed E-state index contributed by atoms with van der Waals surface area (Å²) in [5.41, 5.74) is 1.13. The van der Waals surface area contributed by atoms with Gasteiger partial charge in [-0.25, -0.2) is 0 Å². The van der Waals surface area contributed by atoms with Crippen LogP contribution in [0.1, 0.15) is 33.6 Å². The predicted octanol–water partition coefficient (Wildman–Crippen LogP) is 3.36. The van der Waals surface area contributed by atoms with Gasteiger partial charge >= 0.3 is 0 Å². The molecule has 1 rings (SSSR count). The highest BCUT2D eigenvalue weighted by Crippen LogP contribution is 2.25. The monoisotopic (exact) mass is 325 g/mol. The van der Waals surface area contributed by atoms with Gasteiger partial charge in [0.15, 0.2) is 0 Å². The van der Waals surface area contributed by atoms with Crippen molar-refractivity contribution >= 4 is 34.8 Å². The van der Waals surface area contributed by atoms with Crippen LogP contribution in [0.5, 0.6) is 0 Å². The van der Waals surface area contributed by atoms with Gasteiger partial charge in [-0.2, -0.15) is 0 Å². The molecule has 0 heterocycles. The van der Waals surface area contributed by atoms with E-state index in [9.17, 15) is 9.59 Å². The number of amides is 2. The number of carbonyl (C=O) groups excluding carboxylic acids is 2. The Morgan fingerprint density at radius 2 is 1.77 bits per heavy atom. The molecular weight excluding hydrogens is 302 g/mol. The van der Waals surface area contributed by atoms with E-state index in [2.05, 4.69) is 10.6 Å². The summed E-state index contributed by atoms with van der Waals surface area (Å²) in [4.78, 5) is 25.7. The molecule has 0 radical (unpaired) electrons. The molecule has 0 fully saturated rings. The number of benzene rings is 1. The highest BCUT2D eigenvalue weighted by atomic mass is 35.5. The minimum atomic E-state index is -0.123. The van der Waals surface area contributed by atoms with Crippen molar-refractivity contribution in [3.05, 3.63) is 23.2 Å². The third kappa shape index (κ3) is 6.03. The van der Waals surface area contributed by atoms with Crippen LogP contribution in [0.15, 0.2) is 18.2 Å². The maximum atomic E-state index is 12.0. The van der Waals surface area contributed by atoms with Crippen molar-refractivity contribution in [2.45, 2.75) is 33.6 Å². The highest BCUT2D eigenvalue weighted by molar-refractivity contribution is 6.33. The lowest BCUT2D eigenvalue weighted by Gasteiger charge is -2.18. The molecule has 0 saturated heterocycles. The second-order valence-electron chi connectivity index (χ2n) is 5.00. The first-order valence-electron chi connectivity index (χ1n) is 7.61. The maximum absolute atomic E-state index is 12.0. The number of rotatable bonds is 8. The van der Waals surface area contributed by atoms with Gasteiger partial charge in [-0.15, -0.1) is 0 Å². The minimum absolute atomic E-state index is 0.0507. The average molecular weight is 326 g/mol. The lowest BCUT2D eigenvalue weighted by Crippen LogP contribution is -2.33. The Kier molecular flexibility index (Phi) is 7.91. The van der Waals surface area contributed by atoms with Crippen molar-refractivity contribution < 1.29 is 9.59 Å². The van der Waals surface area contributed by atoms with Crippen LogP contribution >= 0.6 is 11.6 Å². The molecule has 0 aromatic heterocycles. The molecule has 0 unspecified atom stereocenters. The van der Waals surface area contributed by atoms with Crippen LogP contribution in [0.3, 0.4) is 0 Å². The molecule has 0 aliphatic heterocycles. The van der Waals surface area contributed by atoms with Gasteiger partial charge in [-0.3, -0.25) is 14.5 Å². The summed E-state index contributed by atoms with van der Waals surface area (Å²) in [6, 6.07) is 5.06. The van der Waals surface area contributed by atoms with Crippen molar-refractivity contribution in [2.24, 2.45) is 0 Å². The van der Waals surface area contributed by atoms with Crippen LogP contribution in [-0.4, -0.2) is 36.3 Å². The Bertz CT molecular complexity index is 516. The molecule has 0 spiro atoms. The topological polar surface area (TPSA) is 61.4 Å². The molecule has 1 aromatic rings. The SMILES string of the molecule is CCCC(=O)Nc1ccc(Cl)c(NC(=O)CN(CC)CC)c1. The van der Waals surface area contributed by atoms with Crippen molar-refractivity contribution in [1.82, 2.24) is 4.90 Å². The van der Waals surface area contributed by atoms with Crippen LogP contribution in [0.25, 0.3) is 0 Å². The van der Waals surface area contributed by atoms with E-state index in [0.717, 1.165) is 19.5 Å². The first-order valence-corrected chi connectivity index (χ1v) is 7.99. The van der Waals surface area contributed by atoms with E-state index < -0.39 is 0 Å². The number of likely N-dealkylation sites (N-methyl/N-ethyl adjacent to an activating group) is 1. The number of nitrogens with one attached hydrogen (secondary N) is 2. The Labute approximate surface area is 137 Å². The molecule has 0 atom stereocenters. The summed E-state index contributed by atoms with van der Waals surface area (Å²) in [6.45, 7) is 7.90. The molecule has 0 aliphatic rings. The van der Waals surface area contributed by atoms with E-state index >= 15 is 0 Å². The van der Waals surface area contributed by atoms with Crippen LogP contribution in [-0.2, 0) is 9.59 Å². The van der Waals surface area contributed by atoms with E-state index in [1.165, 1.54) is 0 Å². The largest absolute Gasteiger partial charge is 0.326 e. The average Bonchev–Trinajstić information content (AvgIpc) is 2.48. The number of anilines is 2. The number of halogens is 1. The van der Waals surface area contributed by atoms with Gasteiger partial charge in [0.05, 0.1) is 17.3 Å². The second-order valence-corrected chi connectivity index (χ2v) is 5.41. The number of nitrogens with zero attached hydrogens (tertiary/aromatic N) is 1. The van der Waals surface area contributed by atoms with Gasteiger partial charge in [0, 0.05) is 12.1 Å². The minimum Gasteiger partial charge on any atom is -0.326 e. The van der Waals surface area contributed by atoms with Crippen molar-refractivity contribution in [3.8, 4) is 0 Å². The van der Waals surface area contributed by atoms with Crippen molar-refractivity contribution in [3.63, 3.8) is 0 Å². The fourth-order valence-electron chi connectivity index (χ4n) is 1.99. The molecule has 122 valence electrons. The summed E-state index contributed by atoms with van der Waals surface area (Å²) in [5, 5.41) is 6.02. The highest BCUT2D eigenvalue weighted by Gasteiger charge is 2.11. The summed E-state index contributed by atoms with van der Waals surface area (Å²) in [6.07, 6.45) is 1.25. The predicted molar refractivity (Wildman–Crippen MR) is 91.4 cm³/mol. The van der Waals surface area contributed by atoms with Gasteiger partial charge in [0.1, 0.15) is 0 Å². The summed E-state index contributed by atoms with van der Waals surface area (Å²) in [5.74, 6) is -0.173. The molecule has 0 saturated carbocycles. The molecule has 0 bridgehead atoms. The zero-order valence-electron chi connectivity index (χ0n) is 13.4. The molecular formula is C16H24ClN3O2. The van der Waals surface area contributed by atoms with Gasteiger partial charge in [-0.05, 0) is 37.7 Å². The molecule has 2 N–H and O–H groups in total. The van der Waals surface area contributed by atoms with Gasteiger partial charge in [0.25, 0.3) is 0 Å². The quantitative estimate of drug-likeness (QED) is 0.770. The molecule has 5 nitrogen and oxygen atoms in total. The Balaban J connectivity index is 2.73. The molecule has 0 aliphatic carbocycles. The van der Waals surface area contributed by atoms with Gasteiger partial charge in [0.2, 0.25) is 11.8 Å². The second kappa shape index (κ2) is 9.43. The lowest BCUT2D eigenvalue weighted by molar-refractivity contribution is -0.117. The number of hydrogen-bond donors (Lipinski definition) is 2. The normalized spacial score (nSPS) is 10.6. The standard InChI is InChI=1S/C16H24ClN3O2/c1-4-7-15(21)18-12-8-9-13(17)14(10-12)19-16(22)11-20(5-2)6-3/h8-10H,4-7,11H2,1-3H3,(H,18,21)(H,19,22). The Morgan fingerprint density at radius 3 is 2.36 bits per heavy atom. The Morgan fingerprint density at radius 1 is 1.09 bits per heavy atom. The summed E-state index contributed by atoms with van der Waals surface area (Å²) in [7, 11) is 0. The zero-order valence-corrected chi connectivity index (χ0v) is 14.2. The molecule has 6 heteroatoms. The summed E-state index contributed by atoms with van der Waals surface area (Å²) >= 11 is 6.10. The Hall–Kier alpha value is -1.59. The van der Waals surface area contributed by atoms with Gasteiger partial charge in [-0.1, -0.05) is 32.4 Å². The van der Waals surface area contributed by atoms with E-state index in [1.807, 2.05) is 25.7 Å². The van der Waals surface area contributed by atoms with E-state index in [1.54, 1.807) is 18.2 Å². The van der Waals surface area contributed by atoms with Crippen molar-refractivity contribution in [2.75, 3.05) is 30.3 Å². The van der Waals surface area contributed by atoms with Crippen LogP contribution in [0, 0.1) is 0 Å². The molecule has 2 amide bonds. The molecule has 22 heavy (non-hydrogen) atoms. The molecule has 1 aromatic carbocycles. The smallest absolute Gasteiger partial charge is 0.238 e. The van der Waals surface area contributed by atoms with Crippen LogP contribution in [0.2, 0.25) is 5.02 Å². The maximum Gasteiger partial charge on any atom is 0.238 e. The van der Waals surface area contributed by atoms with E-state index in [0.29, 0.717) is 29.4 Å². The van der Waals surface area contributed by atoms with E-state index in [4.69, 9.17) is 11.6 Å². The lowest BCUT2D eigenvalue weighted by atomic mass is 10.2. The first-order chi connectivity index (χ1) is 10.5. The zero-order chi connectivity index (χ0) is 16.5. The fraction of sp³-hybridized carbons (Fsp3) is 0.500. The fourth-order valence-corrected chi connectivity index (χ4v) is 2.15. The summed E-state index contributed by atoms with van der Waals surface area (Å²) < 4.78 is 0. The first kappa shape index (κ1) is 18.5. The van der Waals surface area contributed by atoms with Crippen molar-refractivity contribution in [1.29, 1.82) is 0 Å². The number of carbonyl (C=O) groups is 2. The third-order valence-corrected chi connectivity index (χ3v) is 3.59. The van der Waals surface area contributed by atoms with Crippen LogP contribution < -0.4 is 10.6 Å². The van der Waals surface area contributed by atoms with E-state index in [-0.39, 0.29) is 11.8 Å². The van der Waals surface area contributed by atoms with Crippen LogP contribution in [0.4, 0.5) is 11.4 Å². The van der Waals surface area contributed by atoms with Gasteiger partial charge < -0.3 is 10.6 Å².